The van der Waals surface area contributed by atoms with Crippen LogP contribution < -0.4 is 16.2 Å². The molecule has 1 aromatic rings. The van der Waals surface area contributed by atoms with Gasteiger partial charge < -0.3 is 9.64 Å². The predicted molar refractivity (Wildman–Crippen MR) is 66.6 cm³/mol. The number of nitrogens with two attached hydrogens (primary N) is 1. The van der Waals surface area contributed by atoms with Gasteiger partial charge in [0.25, 0.3) is 0 Å². The maximum absolute atomic E-state index is 5.49. The number of nitrogen functional groups attached to an aromatic ring is 1. The van der Waals surface area contributed by atoms with E-state index in [1.54, 1.807) is 13.3 Å². The third-order valence-corrected chi connectivity index (χ3v) is 3.29. The molecule has 6 heteroatoms. The number of ether oxygens (including phenoxy) is 1. The molecular formula is C11H19N5O. The van der Waals surface area contributed by atoms with Gasteiger partial charge in [-0.3, -0.25) is 5.43 Å². The third kappa shape index (κ3) is 2.65. The number of methoxy groups -OCH3 is 1. The van der Waals surface area contributed by atoms with Crippen molar-refractivity contribution in [1.29, 1.82) is 0 Å². The van der Waals surface area contributed by atoms with Gasteiger partial charge in [-0.15, -0.1) is 0 Å². The summed E-state index contributed by atoms with van der Waals surface area (Å²) in [5.74, 6) is 7.22. The lowest BCUT2D eigenvalue weighted by Crippen LogP contribution is -2.44. The van der Waals surface area contributed by atoms with Gasteiger partial charge in [0.05, 0.1) is 6.10 Å². The highest BCUT2D eigenvalue weighted by atomic mass is 16.5. The molecule has 1 aromatic heterocycles. The van der Waals surface area contributed by atoms with Crippen LogP contribution >= 0.6 is 0 Å². The Bertz CT molecular complexity index is 373. The molecule has 2 unspecified atom stereocenters. The number of piperidine rings is 1. The molecule has 0 bridgehead atoms. The summed E-state index contributed by atoms with van der Waals surface area (Å²) >= 11 is 0. The van der Waals surface area contributed by atoms with Crippen LogP contribution in [-0.4, -0.2) is 36.3 Å². The van der Waals surface area contributed by atoms with Crippen molar-refractivity contribution in [3.05, 3.63) is 12.3 Å². The Hall–Kier alpha value is -1.40. The first-order valence-corrected chi connectivity index (χ1v) is 5.82. The van der Waals surface area contributed by atoms with Crippen molar-refractivity contribution in [3.63, 3.8) is 0 Å². The van der Waals surface area contributed by atoms with Crippen LogP contribution in [0.1, 0.15) is 13.3 Å². The van der Waals surface area contributed by atoms with Crippen molar-refractivity contribution in [2.24, 2.45) is 11.8 Å². The Morgan fingerprint density at radius 3 is 3.12 bits per heavy atom. The minimum absolute atomic E-state index is 0.257. The fourth-order valence-electron chi connectivity index (χ4n) is 2.14. The predicted octanol–water partition coefficient (Wildman–Crippen LogP) is 0.623. The van der Waals surface area contributed by atoms with Crippen LogP contribution in [0.5, 0.6) is 0 Å². The Kier molecular flexibility index (Phi) is 3.75. The normalized spacial score (nSPS) is 24.8. The van der Waals surface area contributed by atoms with Crippen LogP contribution in [-0.2, 0) is 4.74 Å². The fraction of sp³-hybridized carbons (Fsp3) is 0.636. The SMILES string of the molecule is COC1CN(c2ccnc(NN)n2)CCC1C. The van der Waals surface area contributed by atoms with E-state index < -0.39 is 0 Å². The summed E-state index contributed by atoms with van der Waals surface area (Å²) in [7, 11) is 1.76. The van der Waals surface area contributed by atoms with Crippen LogP contribution in [0.25, 0.3) is 0 Å². The maximum Gasteiger partial charge on any atom is 0.239 e. The molecule has 2 rings (SSSR count). The van der Waals surface area contributed by atoms with Crippen molar-refractivity contribution in [1.82, 2.24) is 9.97 Å². The molecule has 0 spiro atoms. The number of nitrogens with one attached hydrogen (secondary N) is 1. The number of rotatable bonds is 3. The summed E-state index contributed by atoms with van der Waals surface area (Å²) in [6, 6.07) is 1.89. The molecule has 0 saturated carbocycles. The van der Waals surface area contributed by atoms with E-state index in [1.807, 2.05) is 6.07 Å². The zero-order valence-electron chi connectivity index (χ0n) is 10.3. The average molecular weight is 237 g/mol. The van der Waals surface area contributed by atoms with E-state index >= 15 is 0 Å². The summed E-state index contributed by atoms with van der Waals surface area (Å²) in [6.45, 7) is 4.07. The van der Waals surface area contributed by atoms with Gasteiger partial charge >= 0.3 is 0 Å². The summed E-state index contributed by atoms with van der Waals surface area (Å²) in [4.78, 5) is 10.5. The Morgan fingerprint density at radius 1 is 1.59 bits per heavy atom. The van der Waals surface area contributed by atoms with Gasteiger partial charge in [-0.2, -0.15) is 4.98 Å². The van der Waals surface area contributed by atoms with Gasteiger partial charge in [0.1, 0.15) is 5.82 Å². The number of aromatic nitrogens is 2. The van der Waals surface area contributed by atoms with Crippen LogP contribution in [0.2, 0.25) is 0 Å². The number of hydrogen-bond donors (Lipinski definition) is 2. The molecule has 3 N–H and O–H groups in total. The van der Waals surface area contributed by atoms with Gasteiger partial charge in [0, 0.05) is 26.4 Å². The summed E-state index contributed by atoms with van der Waals surface area (Å²) < 4.78 is 5.49. The van der Waals surface area contributed by atoms with E-state index in [1.165, 1.54) is 0 Å². The average Bonchev–Trinajstić information content (AvgIpc) is 2.39. The molecule has 94 valence electrons. The number of anilines is 2. The summed E-state index contributed by atoms with van der Waals surface area (Å²) in [6.07, 6.45) is 3.07. The maximum atomic E-state index is 5.49. The second-order valence-electron chi connectivity index (χ2n) is 4.37. The quantitative estimate of drug-likeness (QED) is 0.593. The van der Waals surface area contributed by atoms with E-state index in [2.05, 4.69) is 27.2 Å². The zero-order chi connectivity index (χ0) is 12.3. The van der Waals surface area contributed by atoms with Gasteiger partial charge in [0.2, 0.25) is 5.95 Å². The Labute approximate surface area is 101 Å². The largest absolute Gasteiger partial charge is 0.379 e. The van der Waals surface area contributed by atoms with Crippen LogP contribution in [0.15, 0.2) is 12.3 Å². The molecule has 2 atom stereocenters. The molecule has 6 nitrogen and oxygen atoms in total. The highest BCUT2D eigenvalue weighted by Gasteiger charge is 2.26. The van der Waals surface area contributed by atoms with Crippen molar-refractivity contribution >= 4 is 11.8 Å². The van der Waals surface area contributed by atoms with Crippen molar-refractivity contribution in [2.45, 2.75) is 19.4 Å². The highest BCUT2D eigenvalue weighted by molar-refractivity contribution is 5.42. The fourth-order valence-corrected chi connectivity index (χ4v) is 2.14. The molecule has 17 heavy (non-hydrogen) atoms. The van der Waals surface area contributed by atoms with Gasteiger partial charge in [-0.05, 0) is 18.4 Å². The molecule has 0 amide bonds. The molecule has 0 aliphatic carbocycles. The highest BCUT2D eigenvalue weighted by Crippen LogP contribution is 2.23. The van der Waals surface area contributed by atoms with Crippen molar-refractivity contribution in [2.75, 3.05) is 30.5 Å². The molecule has 1 saturated heterocycles. The second-order valence-corrected chi connectivity index (χ2v) is 4.37. The van der Waals surface area contributed by atoms with Crippen molar-refractivity contribution < 1.29 is 4.74 Å². The molecule has 0 radical (unpaired) electrons. The monoisotopic (exact) mass is 237 g/mol. The second kappa shape index (κ2) is 5.29. The molecule has 1 aliphatic rings. The van der Waals surface area contributed by atoms with Gasteiger partial charge in [-0.1, -0.05) is 6.92 Å². The standard InChI is InChI=1S/C11H19N5O/c1-8-4-6-16(7-9(8)17-2)10-3-5-13-11(14-10)15-12/h3,5,8-9H,4,6-7,12H2,1-2H3,(H,13,14,15). The lowest BCUT2D eigenvalue weighted by molar-refractivity contribution is 0.0496. The van der Waals surface area contributed by atoms with E-state index in [4.69, 9.17) is 10.6 Å². The van der Waals surface area contributed by atoms with Crippen LogP contribution in [0.4, 0.5) is 11.8 Å². The first kappa shape index (κ1) is 12.1. The third-order valence-electron chi connectivity index (χ3n) is 3.29. The molecule has 1 aliphatic heterocycles. The minimum atomic E-state index is 0.257. The van der Waals surface area contributed by atoms with E-state index in [0.717, 1.165) is 25.3 Å². The first-order valence-electron chi connectivity index (χ1n) is 5.82. The van der Waals surface area contributed by atoms with Gasteiger partial charge in [-0.25, -0.2) is 10.8 Å². The smallest absolute Gasteiger partial charge is 0.239 e. The van der Waals surface area contributed by atoms with Crippen LogP contribution in [0, 0.1) is 5.92 Å². The van der Waals surface area contributed by atoms with E-state index in [0.29, 0.717) is 11.9 Å². The number of nitrogens with zero attached hydrogens (tertiary/aromatic N) is 3. The lowest BCUT2D eigenvalue weighted by atomic mass is 9.96. The molecule has 2 heterocycles. The lowest BCUT2D eigenvalue weighted by Gasteiger charge is -2.36. The van der Waals surface area contributed by atoms with E-state index in [9.17, 15) is 0 Å². The topological polar surface area (TPSA) is 76.3 Å². The molecular weight excluding hydrogens is 218 g/mol. The minimum Gasteiger partial charge on any atom is -0.379 e. The Balaban J connectivity index is 2.11. The van der Waals surface area contributed by atoms with E-state index in [-0.39, 0.29) is 6.10 Å². The summed E-state index contributed by atoms with van der Waals surface area (Å²) in [5.41, 5.74) is 2.46. The number of hydrogen-bond acceptors (Lipinski definition) is 6. The molecule has 0 aromatic carbocycles. The summed E-state index contributed by atoms with van der Waals surface area (Å²) in [5, 5.41) is 0. The van der Waals surface area contributed by atoms with Gasteiger partial charge in [0.15, 0.2) is 0 Å². The van der Waals surface area contributed by atoms with Crippen molar-refractivity contribution in [3.8, 4) is 0 Å². The molecule has 1 fully saturated rings. The van der Waals surface area contributed by atoms with Crippen LogP contribution in [0.3, 0.4) is 0 Å². The number of hydrazine groups is 1. The zero-order valence-corrected chi connectivity index (χ0v) is 10.3. The first-order chi connectivity index (χ1) is 8.24. The Morgan fingerprint density at radius 2 is 2.41 bits per heavy atom.